The van der Waals surface area contributed by atoms with E-state index in [0.29, 0.717) is 0 Å². The topological polar surface area (TPSA) is 72.2 Å². The second kappa shape index (κ2) is 5.07. The number of sulfonamides is 1. The molecule has 0 fully saturated rings. The number of rotatable bonds is 4. The van der Waals surface area contributed by atoms with E-state index >= 15 is 0 Å². The van der Waals surface area contributed by atoms with Gasteiger partial charge in [0.25, 0.3) is 0 Å². The maximum atomic E-state index is 11.8. The monoisotopic (exact) mass is 292 g/mol. The summed E-state index contributed by atoms with van der Waals surface area (Å²) in [5.74, 6) is 0. The quantitative estimate of drug-likeness (QED) is 0.872. The van der Waals surface area contributed by atoms with E-state index in [4.69, 9.17) is 5.73 Å². The van der Waals surface area contributed by atoms with Crippen LogP contribution in [0.25, 0.3) is 0 Å². The molecule has 0 aliphatic carbocycles. The van der Waals surface area contributed by atoms with Crippen molar-refractivity contribution in [3.05, 3.63) is 28.7 Å². The van der Waals surface area contributed by atoms with Crippen LogP contribution >= 0.6 is 15.9 Å². The van der Waals surface area contributed by atoms with Crippen molar-refractivity contribution < 1.29 is 8.42 Å². The average molecular weight is 293 g/mol. The molecule has 6 heteroatoms. The van der Waals surface area contributed by atoms with Crippen molar-refractivity contribution in [1.29, 1.82) is 0 Å². The van der Waals surface area contributed by atoms with Crippen molar-refractivity contribution >= 4 is 26.0 Å². The van der Waals surface area contributed by atoms with Gasteiger partial charge >= 0.3 is 0 Å². The van der Waals surface area contributed by atoms with Crippen molar-refractivity contribution in [1.82, 2.24) is 4.72 Å². The maximum absolute atomic E-state index is 11.8. The third-order valence-electron chi connectivity index (χ3n) is 1.82. The zero-order valence-electron chi connectivity index (χ0n) is 8.27. The van der Waals surface area contributed by atoms with E-state index in [2.05, 4.69) is 20.7 Å². The Labute approximate surface area is 98.0 Å². The first kappa shape index (κ1) is 12.6. The van der Waals surface area contributed by atoms with Crippen LogP contribution in [-0.2, 0) is 10.0 Å². The Kier molecular flexibility index (Phi) is 4.27. The molecule has 0 saturated heterocycles. The van der Waals surface area contributed by atoms with Gasteiger partial charge in [0.1, 0.15) is 0 Å². The summed E-state index contributed by atoms with van der Waals surface area (Å²) in [7, 11) is -3.45. The summed E-state index contributed by atoms with van der Waals surface area (Å²) in [6.45, 7) is 1.99. The molecule has 15 heavy (non-hydrogen) atoms. The zero-order valence-corrected chi connectivity index (χ0v) is 10.7. The molecule has 0 aliphatic heterocycles. The largest absolute Gasteiger partial charge is 0.329 e. The third-order valence-corrected chi connectivity index (χ3v) is 3.90. The van der Waals surface area contributed by atoms with Crippen LogP contribution in [0.5, 0.6) is 0 Å². The van der Waals surface area contributed by atoms with E-state index in [-0.39, 0.29) is 17.5 Å². The van der Waals surface area contributed by atoms with Crippen LogP contribution in [-0.4, -0.2) is 21.0 Å². The van der Waals surface area contributed by atoms with Crippen molar-refractivity contribution in [2.75, 3.05) is 6.54 Å². The lowest BCUT2D eigenvalue weighted by atomic mass is 10.4. The van der Waals surface area contributed by atoms with Gasteiger partial charge in [0.05, 0.1) is 4.90 Å². The summed E-state index contributed by atoms with van der Waals surface area (Å²) in [6.07, 6.45) is 0. The van der Waals surface area contributed by atoms with Crippen LogP contribution in [0.2, 0.25) is 0 Å². The van der Waals surface area contributed by atoms with Crippen LogP contribution in [0.1, 0.15) is 6.92 Å². The summed E-state index contributed by atoms with van der Waals surface area (Å²) >= 11 is 3.22. The second-order valence-corrected chi connectivity index (χ2v) is 5.85. The molecule has 0 aromatic heterocycles. The molecule has 1 unspecified atom stereocenters. The van der Waals surface area contributed by atoms with E-state index in [1.807, 2.05) is 0 Å². The Balaban J connectivity index is 2.96. The molecule has 0 aliphatic rings. The minimum absolute atomic E-state index is 0.233. The van der Waals surface area contributed by atoms with Gasteiger partial charge in [0.2, 0.25) is 10.0 Å². The zero-order chi connectivity index (χ0) is 11.5. The molecule has 4 nitrogen and oxygen atoms in total. The standard InChI is InChI=1S/C9H13BrN2O2S/c1-7(6-11)12-15(13,14)9-4-2-3-8(10)5-9/h2-5,7,12H,6,11H2,1H3. The molecule has 1 aromatic rings. The predicted octanol–water partition coefficient (Wildman–Crippen LogP) is 1.07. The molecule has 0 radical (unpaired) electrons. The van der Waals surface area contributed by atoms with Crippen LogP contribution in [0.4, 0.5) is 0 Å². The van der Waals surface area contributed by atoms with Crippen molar-refractivity contribution in [2.24, 2.45) is 5.73 Å². The second-order valence-electron chi connectivity index (χ2n) is 3.22. The summed E-state index contributed by atoms with van der Waals surface area (Å²) in [5.41, 5.74) is 5.35. The van der Waals surface area contributed by atoms with E-state index in [0.717, 1.165) is 4.47 Å². The number of halogens is 1. The molecule has 0 heterocycles. The lowest BCUT2D eigenvalue weighted by Gasteiger charge is -2.11. The predicted molar refractivity (Wildman–Crippen MR) is 63.0 cm³/mol. The highest BCUT2D eigenvalue weighted by Gasteiger charge is 2.16. The van der Waals surface area contributed by atoms with Gasteiger partial charge in [-0.05, 0) is 25.1 Å². The number of nitrogens with two attached hydrogens (primary N) is 1. The van der Waals surface area contributed by atoms with Crippen LogP contribution in [0.15, 0.2) is 33.6 Å². The Hall–Kier alpha value is -0.430. The Morgan fingerprint density at radius 1 is 1.53 bits per heavy atom. The van der Waals surface area contributed by atoms with Gasteiger partial charge in [-0.1, -0.05) is 22.0 Å². The fraction of sp³-hybridized carbons (Fsp3) is 0.333. The van der Waals surface area contributed by atoms with Gasteiger partial charge in [-0.2, -0.15) is 0 Å². The number of hydrogen-bond donors (Lipinski definition) is 2. The van der Waals surface area contributed by atoms with Gasteiger partial charge in [-0.3, -0.25) is 0 Å². The molecule has 0 saturated carbocycles. The highest BCUT2D eigenvalue weighted by atomic mass is 79.9. The molecule has 0 amide bonds. The molecular formula is C9H13BrN2O2S. The third kappa shape index (κ3) is 3.57. The molecular weight excluding hydrogens is 280 g/mol. The Morgan fingerprint density at radius 2 is 2.20 bits per heavy atom. The Morgan fingerprint density at radius 3 is 2.73 bits per heavy atom. The summed E-state index contributed by atoms with van der Waals surface area (Å²) in [5, 5.41) is 0. The minimum atomic E-state index is -3.45. The first-order chi connectivity index (χ1) is 6.95. The summed E-state index contributed by atoms with van der Waals surface area (Å²) in [4.78, 5) is 0.233. The lowest BCUT2D eigenvalue weighted by Crippen LogP contribution is -2.37. The fourth-order valence-corrected chi connectivity index (χ4v) is 2.87. The van der Waals surface area contributed by atoms with Gasteiger partial charge in [0, 0.05) is 17.1 Å². The van der Waals surface area contributed by atoms with Gasteiger partial charge < -0.3 is 5.73 Å². The minimum Gasteiger partial charge on any atom is -0.329 e. The molecule has 3 N–H and O–H groups in total. The van der Waals surface area contributed by atoms with Gasteiger partial charge in [0.15, 0.2) is 0 Å². The summed E-state index contributed by atoms with van der Waals surface area (Å²) in [6, 6.07) is 6.26. The van der Waals surface area contributed by atoms with E-state index in [1.54, 1.807) is 25.1 Å². The molecule has 84 valence electrons. The number of benzene rings is 1. The van der Waals surface area contributed by atoms with E-state index < -0.39 is 10.0 Å². The van der Waals surface area contributed by atoms with Crippen LogP contribution < -0.4 is 10.5 Å². The van der Waals surface area contributed by atoms with Crippen LogP contribution in [0.3, 0.4) is 0 Å². The highest BCUT2D eigenvalue weighted by molar-refractivity contribution is 9.10. The SMILES string of the molecule is CC(CN)NS(=O)(=O)c1cccc(Br)c1. The summed E-state index contributed by atoms with van der Waals surface area (Å²) < 4.78 is 26.7. The molecule has 0 bridgehead atoms. The Bertz CT molecular complexity index is 433. The highest BCUT2D eigenvalue weighted by Crippen LogP contribution is 2.15. The van der Waals surface area contributed by atoms with Gasteiger partial charge in [-0.15, -0.1) is 0 Å². The number of hydrogen-bond acceptors (Lipinski definition) is 3. The first-order valence-corrected chi connectivity index (χ1v) is 6.71. The molecule has 0 spiro atoms. The number of nitrogens with one attached hydrogen (secondary N) is 1. The van der Waals surface area contributed by atoms with Crippen molar-refractivity contribution in [3.63, 3.8) is 0 Å². The molecule has 1 aromatic carbocycles. The smallest absolute Gasteiger partial charge is 0.240 e. The van der Waals surface area contributed by atoms with E-state index in [1.165, 1.54) is 6.07 Å². The van der Waals surface area contributed by atoms with Crippen molar-refractivity contribution in [3.8, 4) is 0 Å². The maximum Gasteiger partial charge on any atom is 0.240 e. The average Bonchev–Trinajstić information content (AvgIpc) is 2.17. The van der Waals surface area contributed by atoms with Crippen molar-refractivity contribution in [2.45, 2.75) is 17.9 Å². The first-order valence-electron chi connectivity index (χ1n) is 4.43. The van der Waals surface area contributed by atoms with Crippen LogP contribution in [0, 0.1) is 0 Å². The fourth-order valence-electron chi connectivity index (χ4n) is 1.02. The van der Waals surface area contributed by atoms with Gasteiger partial charge in [-0.25, -0.2) is 13.1 Å². The normalized spacial score (nSPS) is 13.8. The van der Waals surface area contributed by atoms with E-state index in [9.17, 15) is 8.42 Å². The molecule has 1 rings (SSSR count). The molecule has 1 atom stereocenters. The lowest BCUT2D eigenvalue weighted by molar-refractivity contribution is 0.562.